The van der Waals surface area contributed by atoms with Gasteiger partial charge < -0.3 is 10.6 Å². The summed E-state index contributed by atoms with van der Waals surface area (Å²) in [4.78, 5) is 29.5. The minimum Gasteiger partial charge on any atom is -0.326 e. The van der Waals surface area contributed by atoms with E-state index in [0.29, 0.717) is 23.0 Å². The van der Waals surface area contributed by atoms with E-state index < -0.39 is 0 Å². The maximum atomic E-state index is 12.7. The Morgan fingerprint density at radius 2 is 2.25 bits per heavy atom. The zero-order valence-electron chi connectivity index (χ0n) is 13.7. The fourth-order valence-corrected chi connectivity index (χ4v) is 3.69. The number of amides is 1. The third-order valence-electron chi connectivity index (χ3n) is 4.94. The summed E-state index contributed by atoms with van der Waals surface area (Å²) in [6, 6.07) is 5.68. The average Bonchev–Trinajstić information content (AvgIpc) is 3.08. The van der Waals surface area contributed by atoms with Gasteiger partial charge in [0, 0.05) is 31.1 Å². The molecule has 0 saturated carbocycles. The first-order valence-electron chi connectivity index (χ1n) is 8.77. The highest BCUT2D eigenvalue weighted by molar-refractivity contribution is 5.93. The molecule has 6 heteroatoms. The Bertz CT molecular complexity index is 837. The molecule has 1 atom stereocenters. The molecule has 2 N–H and O–H groups in total. The molecule has 126 valence electrons. The van der Waals surface area contributed by atoms with Gasteiger partial charge in [-0.15, -0.1) is 0 Å². The standard InChI is InChI=1S/C18H22N4O2/c23-17(11-12-4-3-8-19-12)20-13-6-7-15-14(10-13)18(24)22-9-2-1-5-16(22)21-15/h6-7,10,12,19H,1-5,8-9,11H2,(H,20,23). The third-order valence-corrected chi connectivity index (χ3v) is 4.94. The summed E-state index contributed by atoms with van der Waals surface area (Å²) in [6.45, 7) is 1.72. The Labute approximate surface area is 140 Å². The minimum absolute atomic E-state index is 0.00302. The number of aryl methyl sites for hydroxylation is 1. The van der Waals surface area contributed by atoms with Gasteiger partial charge in [-0.2, -0.15) is 0 Å². The van der Waals surface area contributed by atoms with E-state index >= 15 is 0 Å². The summed E-state index contributed by atoms with van der Waals surface area (Å²) < 4.78 is 1.78. The van der Waals surface area contributed by atoms with Crippen molar-refractivity contribution in [2.45, 2.75) is 51.1 Å². The van der Waals surface area contributed by atoms with Crippen LogP contribution in [0.25, 0.3) is 10.9 Å². The summed E-state index contributed by atoms with van der Waals surface area (Å²) in [7, 11) is 0. The first-order valence-corrected chi connectivity index (χ1v) is 8.77. The van der Waals surface area contributed by atoms with E-state index in [-0.39, 0.29) is 17.5 Å². The molecular formula is C18H22N4O2. The number of aromatic nitrogens is 2. The van der Waals surface area contributed by atoms with Crippen LogP contribution in [0.2, 0.25) is 0 Å². The molecule has 2 aromatic rings. The number of hydrogen-bond donors (Lipinski definition) is 2. The molecule has 2 aliphatic rings. The smallest absolute Gasteiger partial charge is 0.261 e. The Morgan fingerprint density at radius 1 is 1.33 bits per heavy atom. The molecule has 1 amide bonds. The van der Waals surface area contributed by atoms with Gasteiger partial charge >= 0.3 is 0 Å². The number of nitrogens with one attached hydrogen (secondary N) is 2. The van der Waals surface area contributed by atoms with Crippen molar-refractivity contribution in [3.63, 3.8) is 0 Å². The van der Waals surface area contributed by atoms with Crippen molar-refractivity contribution in [2.24, 2.45) is 0 Å². The highest BCUT2D eigenvalue weighted by Gasteiger charge is 2.18. The van der Waals surface area contributed by atoms with Crippen molar-refractivity contribution in [1.29, 1.82) is 0 Å². The lowest BCUT2D eigenvalue weighted by molar-refractivity contribution is -0.116. The first-order chi connectivity index (χ1) is 11.7. The van der Waals surface area contributed by atoms with Gasteiger partial charge in [0.1, 0.15) is 5.82 Å². The normalized spacial score (nSPS) is 20.1. The monoisotopic (exact) mass is 326 g/mol. The van der Waals surface area contributed by atoms with Gasteiger partial charge in [0.15, 0.2) is 0 Å². The second-order valence-electron chi connectivity index (χ2n) is 6.72. The number of fused-ring (bicyclic) bond motifs is 2. The molecule has 0 radical (unpaired) electrons. The van der Waals surface area contributed by atoms with E-state index in [1.807, 2.05) is 12.1 Å². The topological polar surface area (TPSA) is 76.0 Å². The van der Waals surface area contributed by atoms with Crippen LogP contribution in [0, 0.1) is 0 Å². The molecular weight excluding hydrogens is 304 g/mol. The van der Waals surface area contributed by atoms with Crippen LogP contribution < -0.4 is 16.2 Å². The maximum absolute atomic E-state index is 12.7. The molecule has 24 heavy (non-hydrogen) atoms. The molecule has 0 aliphatic carbocycles. The molecule has 4 rings (SSSR count). The van der Waals surface area contributed by atoms with Gasteiger partial charge in [0.2, 0.25) is 5.91 Å². The molecule has 6 nitrogen and oxygen atoms in total. The molecule has 0 bridgehead atoms. The van der Waals surface area contributed by atoms with Crippen LogP contribution in [0.3, 0.4) is 0 Å². The molecule has 1 aromatic carbocycles. The van der Waals surface area contributed by atoms with Crippen molar-refractivity contribution in [3.8, 4) is 0 Å². The second kappa shape index (κ2) is 6.36. The van der Waals surface area contributed by atoms with Gasteiger partial charge in [-0.25, -0.2) is 4.98 Å². The zero-order chi connectivity index (χ0) is 16.5. The summed E-state index contributed by atoms with van der Waals surface area (Å²) in [5.41, 5.74) is 1.38. The maximum Gasteiger partial charge on any atom is 0.261 e. The number of anilines is 1. The SMILES string of the molecule is O=C(CC1CCCN1)Nc1ccc2nc3n(c(=O)c2c1)CCCC3. The van der Waals surface area contributed by atoms with E-state index in [9.17, 15) is 9.59 Å². The van der Waals surface area contributed by atoms with Crippen molar-refractivity contribution in [2.75, 3.05) is 11.9 Å². The number of benzene rings is 1. The molecule has 1 fully saturated rings. The van der Waals surface area contributed by atoms with E-state index in [4.69, 9.17) is 0 Å². The highest BCUT2D eigenvalue weighted by Crippen LogP contribution is 2.19. The second-order valence-corrected chi connectivity index (χ2v) is 6.72. The number of nitrogens with zero attached hydrogens (tertiary/aromatic N) is 2. The predicted octanol–water partition coefficient (Wildman–Crippen LogP) is 1.81. The number of hydrogen-bond acceptors (Lipinski definition) is 4. The summed E-state index contributed by atoms with van der Waals surface area (Å²) in [6.07, 6.45) is 5.60. The Balaban J connectivity index is 1.59. The highest BCUT2D eigenvalue weighted by atomic mass is 16.1. The Hall–Kier alpha value is -2.21. The summed E-state index contributed by atoms with van der Waals surface area (Å²) in [5.74, 6) is 0.864. The van der Waals surface area contributed by atoms with Crippen LogP contribution in [-0.2, 0) is 17.8 Å². The summed E-state index contributed by atoms with van der Waals surface area (Å²) in [5, 5.41) is 6.82. The van der Waals surface area contributed by atoms with E-state index in [0.717, 1.165) is 51.0 Å². The predicted molar refractivity (Wildman–Crippen MR) is 93.2 cm³/mol. The lowest BCUT2D eigenvalue weighted by atomic mass is 10.1. The van der Waals surface area contributed by atoms with E-state index in [1.165, 1.54) is 0 Å². The van der Waals surface area contributed by atoms with Crippen molar-refractivity contribution < 1.29 is 4.79 Å². The molecule has 2 aliphatic heterocycles. The van der Waals surface area contributed by atoms with Gasteiger partial charge in [-0.05, 0) is 50.4 Å². The molecule has 1 saturated heterocycles. The van der Waals surface area contributed by atoms with Gasteiger partial charge in [-0.1, -0.05) is 0 Å². The minimum atomic E-state index is -0.0141. The molecule has 1 unspecified atom stereocenters. The van der Waals surface area contributed by atoms with Gasteiger partial charge in [-0.3, -0.25) is 14.2 Å². The van der Waals surface area contributed by atoms with Crippen LogP contribution in [0.5, 0.6) is 0 Å². The van der Waals surface area contributed by atoms with Crippen molar-refractivity contribution in [3.05, 3.63) is 34.4 Å². The van der Waals surface area contributed by atoms with Gasteiger partial charge in [0.05, 0.1) is 10.9 Å². The Kier molecular flexibility index (Phi) is 4.06. The van der Waals surface area contributed by atoms with Crippen LogP contribution in [-0.4, -0.2) is 28.0 Å². The Morgan fingerprint density at radius 3 is 3.08 bits per heavy atom. The largest absolute Gasteiger partial charge is 0.326 e. The number of carbonyl (C=O) groups is 1. The van der Waals surface area contributed by atoms with E-state index in [1.54, 1.807) is 10.6 Å². The fraction of sp³-hybridized carbons (Fsp3) is 0.500. The fourth-order valence-electron chi connectivity index (χ4n) is 3.69. The molecule has 1 aromatic heterocycles. The summed E-state index contributed by atoms with van der Waals surface area (Å²) >= 11 is 0. The van der Waals surface area contributed by atoms with Crippen molar-refractivity contribution in [1.82, 2.24) is 14.9 Å². The van der Waals surface area contributed by atoms with Crippen LogP contribution in [0.1, 0.15) is 37.9 Å². The van der Waals surface area contributed by atoms with E-state index in [2.05, 4.69) is 15.6 Å². The molecule has 3 heterocycles. The lowest BCUT2D eigenvalue weighted by Gasteiger charge is -2.18. The third kappa shape index (κ3) is 2.94. The lowest BCUT2D eigenvalue weighted by Crippen LogP contribution is -2.29. The number of carbonyl (C=O) groups excluding carboxylic acids is 1. The van der Waals surface area contributed by atoms with Gasteiger partial charge in [0.25, 0.3) is 5.56 Å². The number of rotatable bonds is 3. The average molecular weight is 326 g/mol. The van der Waals surface area contributed by atoms with Crippen molar-refractivity contribution >= 4 is 22.5 Å². The molecule has 0 spiro atoms. The van der Waals surface area contributed by atoms with Crippen LogP contribution in [0.15, 0.2) is 23.0 Å². The van der Waals surface area contributed by atoms with Crippen LogP contribution in [0.4, 0.5) is 5.69 Å². The first kappa shape index (κ1) is 15.3. The quantitative estimate of drug-likeness (QED) is 0.902. The zero-order valence-corrected chi connectivity index (χ0v) is 13.7. The van der Waals surface area contributed by atoms with Crippen LogP contribution >= 0.6 is 0 Å².